The molecular weight excluding hydrogens is 415 g/mol. The van der Waals surface area contributed by atoms with Crippen LogP contribution in [-0.4, -0.2) is 30.5 Å². The van der Waals surface area contributed by atoms with E-state index in [4.69, 9.17) is 32.7 Å². The third kappa shape index (κ3) is 4.83. The lowest BCUT2D eigenvalue weighted by Crippen LogP contribution is -2.31. The van der Waals surface area contributed by atoms with Crippen LogP contribution in [0.1, 0.15) is 24.5 Å². The Kier molecular flexibility index (Phi) is 6.67. The Morgan fingerprint density at radius 3 is 2.52 bits per heavy atom. The number of urea groups is 1. The number of halogens is 2. The number of imide groups is 1. The van der Waals surface area contributed by atoms with Gasteiger partial charge in [0.05, 0.1) is 12.1 Å². The molecule has 152 valence electrons. The summed E-state index contributed by atoms with van der Waals surface area (Å²) in [4.78, 5) is 25.5. The van der Waals surface area contributed by atoms with E-state index in [-0.39, 0.29) is 18.2 Å². The van der Waals surface area contributed by atoms with E-state index >= 15 is 0 Å². The number of amides is 3. The van der Waals surface area contributed by atoms with Gasteiger partial charge in [-0.25, -0.2) is 4.79 Å². The molecule has 0 saturated carbocycles. The maximum atomic E-state index is 12.4. The summed E-state index contributed by atoms with van der Waals surface area (Å²) in [6.45, 7) is 2.55. The summed E-state index contributed by atoms with van der Waals surface area (Å²) in [5.41, 5.74) is 1.72. The number of nitrogens with zero attached hydrogens (tertiary/aromatic N) is 1. The van der Waals surface area contributed by atoms with Crippen molar-refractivity contribution in [2.75, 3.05) is 13.7 Å². The van der Waals surface area contributed by atoms with Gasteiger partial charge in [-0.05, 0) is 47.9 Å². The van der Waals surface area contributed by atoms with Gasteiger partial charge in [-0.2, -0.15) is 0 Å². The highest BCUT2D eigenvalue weighted by molar-refractivity contribution is 6.32. The summed E-state index contributed by atoms with van der Waals surface area (Å²) in [7, 11) is 1.50. The Balaban J connectivity index is 1.82. The SMILES string of the molecule is CCCN1C(=O)N/C(=C/c2cc(Cl)c(OCc3ccc(Cl)cc3)c(OC)c2)C1=O. The molecule has 1 heterocycles. The fourth-order valence-electron chi connectivity index (χ4n) is 2.86. The zero-order valence-electron chi connectivity index (χ0n) is 16.0. The average molecular weight is 435 g/mol. The van der Waals surface area contributed by atoms with E-state index in [0.29, 0.717) is 40.1 Å². The predicted molar refractivity (Wildman–Crippen MR) is 112 cm³/mol. The maximum absolute atomic E-state index is 12.4. The first-order chi connectivity index (χ1) is 13.9. The van der Waals surface area contributed by atoms with E-state index < -0.39 is 6.03 Å². The molecule has 8 heteroatoms. The molecule has 1 N–H and O–H groups in total. The van der Waals surface area contributed by atoms with Crippen LogP contribution >= 0.6 is 23.2 Å². The molecule has 1 aliphatic heterocycles. The summed E-state index contributed by atoms with van der Waals surface area (Å²) in [6.07, 6.45) is 2.25. The van der Waals surface area contributed by atoms with Crippen molar-refractivity contribution in [1.29, 1.82) is 0 Å². The van der Waals surface area contributed by atoms with Crippen molar-refractivity contribution in [3.05, 3.63) is 63.3 Å². The summed E-state index contributed by atoms with van der Waals surface area (Å²) < 4.78 is 11.2. The highest BCUT2D eigenvalue weighted by atomic mass is 35.5. The van der Waals surface area contributed by atoms with Crippen LogP contribution in [0.4, 0.5) is 4.79 Å². The molecule has 0 atom stereocenters. The van der Waals surface area contributed by atoms with Crippen molar-refractivity contribution in [1.82, 2.24) is 10.2 Å². The summed E-state index contributed by atoms with van der Waals surface area (Å²) >= 11 is 12.3. The summed E-state index contributed by atoms with van der Waals surface area (Å²) in [5.74, 6) is 0.441. The predicted octanol–water partition coefficient (Wildman–Crippen LogP) is 4.88. The highest BCUT2D eigenvalue weighted by Crippen LogP contribution is 2.37. The maximum Gasteiger partial charge on any atom is 0.329 e. The van der Waals surface area contributed by atoms with Crippen molar-refractivity contribution in [2.45, 2.75) is 20.0 Å². The van der Waals surface area contributed by atoms with E-state index in [1.54, 1.807) is 30.3 Å². The fourth-order valence-corrected chi connectivity index (χ4v) is 3.26. The third-order valence-corrected chi connectivity index (χ3v) is 4.80. The number of ether oxygens (including phenoxy) is 2. The highest BCUT2D eigenvalue weighted by Gasteiger charge is 2.32. The van der Waals surface area contributed by atoms with Crippen LogP contribution in [0.3, 0.4) is 0 Å². The van der Waals surface area contributed by atoms with E-state index in [0.717, 1.165) is 5.56 Å². The molecule has 0 unspecified atom stereocenters. The Labute approximate surface area is 179 Å². The minimum Gasteiger partial charge on any atom is -0.493 e. The molecule has 2 aromatic carbocycles. The van der Waals surface area contributed by atoms with Crippen molar-refractivity contribution in [3.63, 3.8) is 0 Å². The normalized spacial score (nSPS) is 15.0. The second-order valence-electron chi connectivity index (χ2n) is 6.39. The van der Waals surface area contributed by atoms with Gasteiger partial charge in [0, 0.05) is 11.6 Å². The first-order valence-corrected chi connectivity index (χ1v) is 9.77. The number of rotatable bonds is 7. The van der Waals surface area contributed by atoms with Crippen LogP contribution in [0.2, 0.25) is 10.0 Å². The van der Waals surface area contributed by atoms with Gasteiger partial charge in [0.2, 0.25) is 0 Å². The quantitative estimate of drug-likeness (QED) is 0.497. The lowest BCUT2D eigenvalue weighted by atomic mass is 10.1. The standard InChI is InChI=1S/C21H20Cl2N2O4/c1-3-8-25-20(26)17(24-21(25)27)10-14-9-16(23)19(18(11-14)28-2)29-12-13-4-6-15(22)7-5-13/h4-7,9-11H,3,8,12H2,1-2H3,(H,24,27)/b17-10+. The lowest BCUT2D eigenvalue weighted by Gasteiger charge is -2.13. The molecule has 0 aliphatic carbocycles. The van der Waals surface area contributed by atoms with Gasteiger partial charge >= 0.3 is 6.03 Å². The van der Waals surface area contributed by atoms with Gasteiger partial charge in [-0.3, -0.25) is 9.69 Å². The van der Waals surface area contributed by atoms with Crippen LogP contribution in [0.5, 0.6) is 11.5 Å². The molecule has 29 heavy (non-hydrogen) atoms. The molecule has 3 amide bonds. The van der Waals surface area contributed by atoms with Crippen LogP contribution in [0.15, 0.2) is 42.1 Å². The Bertz CT molecular complexity index is 958. The largest absolute Gasteiger partial charge is 0.493 e. The fraction of sp³-hybridized carbons (Fsp3) is 0.238. The van der Waals surface area contributed by atoms with Crippen molar-refractivity contribution >= 4 is 41.2 Å². The van der Waals surface area contributed by atoms with Crippen molar-refractivity contribution < 1.29 is 19.1 Å². The summed E-state index contributed by atoms with van der Waals surface area (Å²) in [5, 5.41) is 3.55. The van der Waals surface area contributed by atoms with Crippen LogP contribution < -0.4 is 14.8 Å². The third-order valence-electron chi connectivity index (χ3n) is 4.27. The Morgan fingerprint density at radius 2 is 1.86 bits per heavy atom. The van der Waals surface area contributed by atoms with Crippen molar-refractivity contribution in [2.24, 2.45) is 0 Å². The van der Waals surface area contributed by atoms with Crippen LogP contribution in [0.25, 0.3) is 6.08 Å². The van der Waals surface area contributed by atoms with Crippen LogP contribution in [-0.2, 0) is 11.4 Å². The number of carbonyl (C=O) groups is 2. The minimum atomic E-state index is -0.427. The van der Waals surface area contributed by atoms with E-state index in [1.807, 2.05) is 19.1 Å². The van der Waals surface area contributed by atoms with Gasteiger partial charge in [0.15, 0.2) is 11.5 Å². The van der Waals surface area contributed by atoms with E-state index in [1.165, 1.54) is 12.0 Å². The number of nitrogens with one attached hydrogen (secondary N) is 1. The molecule has 6 nitrogen and oxygen atoms in total. The van der Waals surface area contributed by atoms with Gasteiger partial charge in [0.25, 0.3) is 5.91 Å². The smallest absolute Gasteiger partial charge is 0.329 e. The second-order valence-corrected chi connectivity index (χ2v) is 7.24. The number of methoxy groups -OCH3 is 1. The van der Waals surface area contributed by atoms with Gasteiger partial charge in [-0.1, -0.05) is 42.3 Å². The number of hydrogen-bond donors (Lipinski definition) is 1. The molecule has 3 rings (SSSR count). The Hall–Kier alpha value is -2.70. The van der Waals surface area contributed by atoms with Gasteiger partial charge in [-0.15, -0.1) is 0 Å². The molecule has 0 aromatic heterocycles. The molecule has 0 radical (unpaired) electrons. The second kappa shape index (κ2) is 9.20. The van der Waals surface area contributed by atoms with Gasteiger partial charge < -0.3 is 14.8 Å². The average Bonchev–Trinajstić information content (AvgIpc) is 2.96. The molecule has 1 fully saturated rings. The molecule has 0 spiro atoms. The number of carbonyl (C=O) groups excluding carboxylic acids is 2. The molecule has 0 bridgehead atoms. The zero-order valence-corrected chi connectivity index (χ0v) is 17.5. The molecule has 1 aliphatic rings. The van der Waals surface area contributed by atoms with Crippen molar-refractivity contribution in [3.8, 4) is 11.5 Å². The topological polar surface area (TPSA) is 67.9 Å². The van der Waals surface area contributed by atoms with E-state index in [2.05, 4.69) is 5.32 Å². The molecule has 2 aromatic rings. The van der Waals surface area contributed by atoms with E-state index in [9.17, 15) is 9.59 Å². The lowest BCUT2D eigenvalue weighted by molar-refractivity contribution is -0.122. The number of hydrogen-bond acceptors (Lipinski definition) is 4. The number of benzene rings is 2. The zero-order chi connectivity index (χ0) is 21.0. The van der Waals surface area contributed by atoms with Crippen LogP contribution in [0, 0.1) is 0 Å². The summed E-state index contributed by atoms with van der Waals surface area (Å²) in [6, 6.07) is 10.2. The first-order valence-electron chi connectivity index (χ1n) is 9.02. The van der Waals surface area contributed by atoms with Gasteiger partial charge in [0.1, 0.15) is 12.3 Å². The monoisotopic (exact) mass is 434 g/mol. The Morgan fingerprint density at radius 1 is 1.14 bits per heavy atom. The molecule has 1 saturated heterocycles. The minimum absolute atomic E-state index is 0.191. The first kappa shape index (κ1) is 21.0. The molecular formula is C21H20Cl2N2O4.